The summed E-state index contributed by atoms with van der Waals surface area (Å²) in [6.45, 7) is 0.0625. The predicted octanol–water partition coefficient (Wildman–Crippen LogP) is 0.912. The summed E-state index contributed by atoms with van der Waals surface area (Å²) in [6, 6.07) is -0.620. The lowest BCUT2D eigenvalue weighted by Gasteiger charge is -2.47. The van der Waals surface area contributed by atoms with E-state index in [4.69, 9.17) is 0 Å². The van der Waals surface area contributed by atoms with Gasteiger partial charge in [-0.2, -0.15) is 0 Å². The fourth-order valence-corrected chi connectivity index (χ4v) is 3.77. The fourth-order valence-electron chi connectivity index (χ4n) is 3.77. The van der Waals surface area contributed by atoms with Gasteiger partial charge in [0, 0.05) is 12.2 Å². The van der Waals surface area contributed by atoms with Gasteiger partial charge in [0.1, 0.15) is 12.6 Å². The van der Waals surface area contributed by atoms with Gasteiger partial charge in [0.15, 0.2) is 0 Å². The van der Waals surface area contributed by atoms with Gasteiger partial charge in [0.25, 0.3) is 0 Å². The van der Waals surface area contributed by atoms with Gasteiger partial charge in [-0.15, -0.1) is 5.10 Å². The van der Waals surface area contributed by atoms with E-state index in [2.05, 4.69) is 10.3 Å². The molecular formula is C14H20N4O3. The summed E-state index contributed by atoms with van der Waals surface area (Å²) in [5.41, 5.74) is 0. The number of piperidine rings is 1. The molecule has 7 nitrogen and oxygen atoms in total. The van der Waals surface area contributed by atoms with E-state index in [1.54, 1.807) is 11.1 Å². The first-order valence-electron chi connectivity index (χ1n) is 7.55. The van der Waals surface area contributed by atoms with Crippen molar-refractivity contribution in [2.75, 3.05) is 0 Å². The van der Waals surface area contributed by atoms with Gasteiger partial charge in [-0.05, 0) is 31.6 Å². The molecule has 21 heavy (non-hydrogen) atoms. The average molecular weight is 292 g/mol. The van der Waals surface area contributed by atoms with Gasteiger partial charge in [-0.1, -0.05) is 18.1 Å². The van der Waals surface area contributed by atoms with Gasteiger partial charge in [-0.25, -0.2) is 9.48 Å². The Morgan fingerprint density at radius 1 is 1.19 bits per heavy atom. The second-order valence-corrected chi connectivity index (χ2v) is 5.94. The van der Waals surface area contributed by atoms with Crippen LogP contribution in [0.4, 0.5) is 0 Å². The molecule has 0 aromatic carbocycles. The van der Waals surface area contributed by atoms with Crippen LogP contribution in [0, 0.1) is 5.92 Å². The molecule has 0 radical (unpaired) electrons. The van der Waals surface area contributed by atoms with Crippen LogP contribution < -0.4 is 0 Å². The molecule has 1 aromatic rings. The van der Waals surface area contributed by atoms with Gasteiger partial charge >= 0.3 is 5.97 Å². The number of nitrogens with zero attached hydrogens (tertiary/aromatic N) is 4. The molecular weight excluding hydrogens is 272 g/mol. The largest absolute Gasteiger partial charge is 0.480 e. The fraction of sp³-hybridized carbons (Fsp3) is 0.714. The van der Waals surface area contributed by atoms with E-state index < -0.39 is 12.0 Å². The summed E-state index contributed by atoms with van der Waals surface area (Å²) in [5, 5.41) is 16.9. The minimum Gasteiger partial charge on any atom is -0.480 e. The maximum Gasteiger partial charge on any atom is 0.326 e. The minimum atomic E-state index is -0.897. The van der Waals surface area contributed by atoms with Crippen LogP contribution in [-0.4, -0.2) is 49.0 Å². The minimum absolute atomic E-state index is 0.0625. The van der Waals surface area contributed by atoms with Crippen molar-refractivity contribution >= 4 is 11.9 Å². The Labute approximate surface area is 122 Å². The molecule has 1 aromatic heterocycles. The molecule has 1 saturated heterocycles. The number of carboxylic acid groups (broad SMARTS) is 1. The normalized spacial score (nSPS) is 29.0. The van der Waals surface area contributed by atoms with Crippen LogP contribution in [0.25, 0.3) is 0 Å². The van der Waals surface area contributed by atoms with E-state index in [9.17, 15) is 14.7 Å². The molecule has 1 aliphatic heterocycles. The lowest BCUT2D eigenvalue weighted by Crippen LogP contribution is -2.58. The monoisotopic (exact) mass is 292 g/mol. The van der Waals surface area contributed by atoms with Crippen LogP contribution in [-0.2, 0) is 16.1 Å². The number of aliphatic carboxylic acids is 1. The maximum absolute atomic E-state index is 12.6. The van der Waals surface area contributed by atoms with Crippen molar-refractivity contribution in [3.05, 3.63) is 12.4 Å². The summed E-state index contributed by atoms with van der Waals surface area (Å²) in [7, 11) is 0. The second-order valence-electron chi connectivity index (χ2n) is 5.94. The summed E-state index contributed by atoms with van der Waals surface area (Å²) in [6.07, 6.45) is 8.87. The number of fused-ring (bicyclic) bond motifs is 1. The number of likely N-dealkylation sites (tertiary alicyclic amines) is 1. The SMILES string of the molecule is O=C(O)C1CCC2CCCCC2N1C(=O)Cn1ccnn1. The Kier molecular flexibility index (Phi) is 3.90. The molecule has 0 bridgehead atoms. The van der Waals surface area contributed by atoms with Gasteiger partial charge in [0.2, 0.25) is 5.91 Å². The van der Waals surface area contributed by atoms with E-state index in [-0.39, 0.29) is 18.5 Å². The van der Waals surface area contributed by atoms with Gasteiger partial charge < -0.3 is 10.0 Å². The molecule has 7 heteroatoms. The number of hydrogen-bond donors (Lipinski definition) is 1. The van der Waals surface area contributed by atoms with E-state index in [1.807, 2.05) is 0 Å². The number of carbonyl (C=O) groups excluding carboxylic acids is 1. The number of hydrogen-bond acceptors (Lipinski definition) is 4. The van der Waals surface area contributed by atoms with Crippen molar-refractivity contribution in [3.63, 3.8) is 0 Å². The number of rotatable bonds is 3. The topological polar surface area (TPSA) is 88.3 Å². The third-order valence-corrected chi connectivity index (χ3v) is 4.72. The molecule has 1 aliphatic carbocycles. The Hall–Kier alpha value is -1.92. The highest BCUT2D eigenvalue weighted by molar-refractivity contribution is 5.84. The highest BCUT2D eigenvalue weighted by Crippen LogP contribution is 2.38. The Balaban J connectivity index is 1.81. The van der Waals surface area contributed by atoms with E-state index in [1.165, 1.54) is 17.3 Å². The zero-order valence-corrected chi connectivity index (χ0v) is 11.9. The predicted molar refractivity (Wildman–Crippen MR) is 73.3 cm³/mol. The third kappa shape index (κ3) is 2.77. The molecule has 2 fully saturated rings. The number of carboxylic acids is 1. The highest BCUT2D eigenvalue weighted by atomic mass is 16.4. The van der Waals surface area contributed by atoms with Crippen molar-refractivity contribution in [1.29, 1.82) is 0 Å². The van der Waals surface area contributed by atoms with Crippen LogP contribution in [0.2, 0.25) is 0 Å². The van der Waals surface area contributed by atoms with Crippen LogP contribution in [0.5, 0.6) is 0 Å². The zero-order valence-electron chi connectivity index (χ0n) is 11.9. The molecule has 1 N–H and O–H groups in total. The van der Waals surface area contributed by atoms with Gasteiger partial charge in [-0.3, -0.25) is 4.79 Å². The van der Waals surface area contributed by atoms with Crippen LogP contribution in [0.1, 0.15) is 38.5 Å². The zero-order chi connectivity index (χ0) is 14.8. The molecule has 1 saturated carbocycles. The molecule has 114 valence electrons. The summed E-state index contributed by atoms with van der Waals surface area (Å²) >= 11 is 0. The molecule has 3 atom stereocenters. The molecule has 3 unspecified atom stereocenters. The first-order chi connectivity index (χ1) is 10.2. The summed E-state index contributed by atoms with van der Waals surface area (Å²) in [5.74, 6) is -0.607. The van der Waals surface area contributed by atoms with Crippen molar-refractivity contribution in [1.82, 2.24) is 19.9 Å². The molecule has 3 rings (SSSR count). The summed E-state index contributed by atoms with van der Waals surface area (Å²) < 4.78 is 1.45. The van der Waals surface area contributed by atoms with Crippen molar-refractivity contribution in [3.8, 4) is 0 Å². The lowest BCUT2D eigenvalue weighted by molar-refractivity contribution is -0.158. The first kappa shape index (κ1) is 14.0. The summed E-state index contributed by atoms with van der Waals surface area (Å²) in [4.78, 5) is 25.7. The Morgan fingerprint density at radius 2 is 2.00 bits per heavy atom. The van der Waals surface area contributed by atoms with Crippen molar-refractivity contribution in [2.24, 2.45) is 5.92 Å². The molecule has 0 spiro atoms. The van der Waals surface area contributed by atoms with Gasteiger partial charge in [0.05, 0.1) is 6.20 Å². The average Bonchev–Trinajstić information content (AvgIpc) is 2.98. The molecule has 2 aliphatic rings. The van der Waals surface area contributed by atoms with E-state index in [0.717, 1.165) is 25.7 Å². The first-order valence-corrected chi connectivity index (χ1v) is 7.55. The Bertz CT molecular complexity index is 516. The lowest BCUT2D eigenvalue weighted by atomic mass is 9.76. The maximum atomic E-state index is 12.6. The highest BCUT2D eigenvalue weighted by Gasteiger charge is 2.43. The van der Waals surface area contributed by atoms with Crippen LogP contribution in [0.3, 0.4) is 0 Å². The number of carbonyl (C=O) groups is 2. The van der Waals surface area contributed by atoms with Crippen LogP contribution >= 0.6 is 0 Å². The van der Waals surface area contributed by atoms with E-state index >= 15 is 0 Å². The number of amides is 1. The third-order valence-electron chi connectivity index (χ3n) is 4.72. The Morgan fingerprint density at radius 3 is 2.71 bits per heavy atom. The number of aromatic nitrogens is 3. The van der Waals surface area contributed by atoms with Crippen molar-refractivity contribution < 1.29 is 14.7 Å². The molecule has 2 heterocycles. The smallest absolute Gasteiger partial charge is 0.326 e. The molecule has 1 amide bonds. The van der Waals surface area contributed by atoms with E-state index in [0.29, 0.717) is 12.3 Å². The standard InChI is InChI=1S/C14H20N4O3/c19-13(9-17-8-7-15-16-17)18-11-4-2-1-3-10(11)5-6-12(18)14(20)21/h7-8,10-12H,1-6,9H2,(H,20,21). The second kappa shape index (κ2) is 5.83. The van der Waals surface area contributed by atoms with Crippen LogP contribution in [0.15, 0.2) is 12.4 Å². The quantitative estimate of drug-likeness (QED) is 0.894. The van der Waals surface area contributed by atoms with Crippen molar-refractivity contribution in [2.45, 2.75) is 57.2 Å².